The molecule has 43 heavy (non-hydrogen) atoms. The number of aromatic nitrogens is 1. The summed E-state index contributed by atoms with van der Waals surface area (Å²) < 4.78 is 13.5. The lowest BCUT2D eigenvalue weighted by atomic mass is 9.44. The van der Waals surface area contributed by atoms with E-state index in [1.807, 2.05) is 18.3 Å². The Balaban J connectivity index is 0.965. The van der Waals surface area contributed by atoms with Gasteiger partial charge in [0, 0.05) is 12.1 Å². The number of rotatable bonds is 8. The minimum Gasteiger partial charge on any atom is -0.374 e. The number of hydrogen-bond donors (Lipinski definition) is 1. The third-order valence-corrected chi connectivity index (χ3v) is 14.0. The zero-order chi connectivity index (χ0) is 29.9. The number of benzene rings is 1. The first-order chi connectivity index (χ1) is 20.7. The molecule has 1 saturated heterocycles. The summed E-state index contributed by atoms with van der Waals surface area (Å²) >= 11 is 0. The fourth-order valence-electron chi connectivity index (χ4n) is 11.6. The summed E-state index contributed by atoms with van der Waals surface area (Å²) in [6, 6.07) is 12.7. The van der Waals surface area contributed by atoms with Crippen LogP contribution in [0.1, 0.15) is 114 Å². The Labute approximate surface area is 260 Å². The van der Waals surface area contributed by atoms with Crippen molar-refractivity contribution in [3.63, 3.8) is 0 Å². The van der Waals surface area contributed by atoms with Crippen LogP contribution >= 0.6 is 0 Å². The molecule has 0 radical (unpaired) electrons. The van der Waals surface area contributed by atoms with Crippen LogP contribution in [0.15, 0.2) is 42.6 Å². The van der Waals surface area contributed by atoms with Gasteiger partial charge in [-0.2, -0.15) is 0 Å². The number of hydrogen-bond acceptors (Lipinski definition) is 3. The van der Waals surface area contributed by atoms with E-state index in [1.165, 1.54) is 62.5 Å². The monoisotopic (exact) mass is 585 g/mol. The van der Waals surface area contributed by atoms with Crippen molar-refractivity contribution in [2.24, 2.45) is 52.3 Å². The molecule has 4 saturated carbocycles. The van der Waals surface area contributed by atoms with Crippen LogP contribution in [-0.4, -0.2) is 29.1 Å². The van der Waals surface area contributed by atoms with E-state index in [0.717, 1.165) is 48.8 Å². The van der Waals surface area contributed by atoms with E-state index >= 15 is 0 Å². The maximum absolute atomic E-state index is 12.8. The molecule has 1 aliphatic heterocycles. The summed E-state index contributed by atoms with van der Waals surface area (Å²) in [6.07, 6.45) is 15.5. The Morgan fingerprint density at radius 2 is 1.81 bits per heavy atom. The molecular weight excluding hydrogens is 530 g/mol. The van der Waals surface area contributed by atoms with Gasteiger partial charge in [-0.15, -0.1) is 0 Å². The van der Waals surface area contributed by atoms with Crippen LogP contribution in [0.25, 0.3) is 0 Å². The van der Waals surface area contributed by atoms with Gasteiger partial charge >= 0.3 is 0 Å². The van der Waals surface area contributed by atoms with Gasteiger partial charge in [0.15, 0.2) is 5.78 Å². The van der Waals surface area contributed by atoms with Crippen LogP contribution in [0.2, 0.25) is 0 Å². The van der Waals surface area contributed by atoms with Gasteiger partial charge in [0.25, 0.3) is 0 Å². The molecule has 4 aliphatic carbocycles. The maximum Gasteiger partial charge on any atom is 0.181 e. The zero-order valence-corrected chi connectivity index (χ0v) is 27.3. The van der Waals surface area contributed by atoms with Crippen LogP contribution in [-0.2, 0) is 16.1 Å². The van der Waals surface area contributed by atoms with Gasteiger partial charge in [0.2, 0.25) is 0 Å². The Morgan fingerprint density at radius 1 is 1.02 bits per heavy atom. The Bertz CT molecular complexity index is 1270. The van der Waals surface area contributed by atoms with Crippen molar-refractivity contribution in [2.45, 2.75) is 124 Å². The van der Waals surface area contributed by atoms with Gasteiger partial charge in [-0.25, -0.2) is 0 Å². The van der Waals surface area contributed by atoms with E-state index in [9.17, 15) is 4.79 Å². The van der Waals surface area contributed by atoms with Gasteiger partial charge in [-0.1, -0.05) is 57.5 Å². The van der Waals surface area contributed by atoms with Gasteiger partial charge < -0.3 is 14.5 Å². The molecule has 0 unspecified atom stereocenters. The summed E-state index contributed by atoms with van der Waals surface area (Å²) in [7, 11) is 0. The predicted octanol–water partition coefficient (Wildman–Crippen LogP) is 9.18. The number of aromatic amines is 1. The quantitative estimate of drug-likeness (QED) is 0.314. The van der Waals surface area contributed by atoms with Crippen LogP contribution in [0, 0.1) is 59.2 Å². The van der Waals surface area contributed by atoms with Crippen LogP contribution in [0.3, 0.4) is 0 Å². The van der Waals surface area contributed by atoms with Crippen molar-refractivity contribution < 1.29 is 14.3 Å². The number of ketones is 1. The van der Waals surface area contributed by atoms with Crippen LogP contribution in [0.5, 0.6) is 0 Å². The highest BCUT2D eigenvalue weighted by Gasteiger charge is 2.65. The largest absolute Gasteiger partial charge is 0.374 e. The predicted molar refractivity (Wildman–Crippen MR) is 172 cm³/mol. The van der Waals surface area contributed by atoms with E-state index in [1.54, 1.807) is 0 Å². The molecule has 0 spiro atoms. The average Bonchev–Trinajstić information content (AvgIpc) is 3.71. The van der Waals surface area contributed by atoms with Crippen LogP contribution in [0.4, 0.5) is 0 Å². The van der Waals surface area contributed by atoms with Gasteiger partial charge in [-0.3, -0.25) is 4.79 Å². The number of aryl methyl sites for hydroxylation is 1. The zero-order valence-electron chi connectivity index (χ0n) is 27.3. The maximum atomic E-state index is 12.8. The Morgan fingerprint density at radius 3 is 2.58 bits per heavy atom. The van der Waals surface area contributed by atoms with E-state index < -0.39 is 0 Å². The third kappa shape index (κ3) is 5.17. The molecule has 1 aromatic heterocycles. The molecule has 4 heteroatoms. The number of Topliss-reactive ketones (excluding diaryl/α,β-unsaturated/α-hetero) is 1. The standard InChI is InChI=1S/C39H55NO3/c1-24-8-11-27(12-9-24)23-42-29-16-18-38(4)28(21-29)13-14-30-31(38)17-19-39(5)32(30)22-35-36(39)26(3)34(43-35)15-10-25(2)37(41)33-7-6-20-40-33/h6-9,11-12,20,25-26,28-32,34-36,40H,10,13-19,21-23H2,1-5H3/t25-,26+,28+,29-,30+,31-,32-,34+,35-,36-,38-,39-/m0/s1. The lowest BCUT2D eigenvalue weighted by molar-refractivity contribution is -0.139. The SMILES string of the molecule is Cc1ccc(CO[C@H]2CC[C@@]3(C)[C@H](CC[C@@H]4[C@@H]3CC[C@]3(C)[C@H]5[C@H](C)[C@@H](CC[C@H](C)C(=O)c6ccc[nH]6)O[C@H]5C[C@@H]43)C2)cc1. The number of fused-ring (bicyclic) bond motifs is 7. The fraction of sp³-hybridized carbons (Fsp3) is 0.718. The van der Waals surface area contributed by atoms with Crippen molar-refractivity contribution in [3.05, 3.63) is 59.4 Å². The highest BCUT2D eigenvalue weighted by Crippen LogP contribution is 2.70. The second-order valence-corrected chi connectivity index (χ2v) is 16.2. The Hall–Kier alpha value is -1.91. The summed E-state index contributed by atoms with van der Waals surface area (Å²) in [6.45, 7) is 12.8. The van der Waals surface area contributed by atoms with Gasteiger partial charge in [-0.05, 0) is 135 Å². The summed E-state index contributed by atoms with van der Waals surface area (Å²) in [5.74, 6) is 4.88. The normalized spacial score (nSPS) is 42.5. The lowest BCUT2D eigenvalue weighted by Gasteiger charge is -2.61. The molecule has 1 N–H and O–H groups in total. The molecule has 0 amide bonds. The Kier molecular flexibility index (Phi) is 7.94. The van der Waals surface area contributed by atoms with E-state index in [2.05, 4.69) is 63.9 Å². The summed E-state index contributed by atoms with van der Waals surface area (Å²) in [5, 5.41) is 0. The lowest BCUT2D eigenvalue weighted by Crippen LogP contribution is -2.54. The molecule has 4 nitrogen and oxygen atoms in total. The third-order valence-electron chi connectivity index (χ3n) is 14.0. The molecular formula is C39H55NO3. The van der Waals surface area contributed by atoms with Crippen molar-refractivity contribution in [3.8, 4) is 0 Å². The van der Waals surface area contributed by atoms with Gasteiger partial charge in [0.05, 0.1) is 30.6 Å². The number of H-pyrrole nitrogens is 1. The molecule has 0 bridgehead atoms. The van der Waals surface area contributed by atoms with Crippen molar-refractivity contribution in [2.75, 3.05) is 0 Å². The first kappa shape index (κ1) is 29.8. The molecule has 7 rings (SSSR count). The minimum absolute atomic E-state index is 0.0349. The molecule has 5 fully saturated rings. The number of ether oxygens (including phenoxy) is 2. The number of carbonyl (C=O) groups excluding carboxylic acids is 1. The fourth-order valence-corrected chi connectivity index (χ4v) is 11.6. The number of nitrogens with one attached hydrogen (secondary N) is 1. The smallest absolute Gasteiger partial charge is 0.181 e. The second-order valence-electron chi connectivity index (χ2n) is 16.2. The summed E-state index contributed by atoms with van der Waals surface area (Å²) in [5.41, 5.74) is 4.24. The highest BCUT2D eigenvalue weighted by molar-refractivity contribution is 5.95. The summed E-state index contributed by atoms with van der Waals surface area (Å²) in [4.78, 5) is 15.9. The van der Waals surface area contributed by atoms with E-state index in [0.29, 0.717) is 41.0 Å². The topological polar surface area (TPSA) is 51.3 Å². The molecule has 234 valence electrons. The van der Waals surface area contributed by atoms with Crippen LogP contribution < -0.4 is 0 Å². The first-order valence-electron chi connectivity index (χ1n) is 17.7. The van der Waals surface area contributed by atoms with E-state index in [-0.39, 0.29) is 11.7 Å². The average molecular weight is 586 g/mol. The van der Waals surface area contributed by atoms with Crippen molar-refractivity contribution in [1.82, 2.24) is 4.98 Å². The minimum atomic E-state index is 0.0349. The van der Waals surface area contributed by atoms with Crippen molar-refractivity contribution >= 4 is 5.78 Å². The van der Waals surface area contributed by atoms with Crippen molar-refractivity contribution in [1.29, 1.82) is 0 Å². The van der Waals surface area contributed by atoms with E-state index in [4.69, 9.17) is 9.47 Å². The highest BCUT2D eigenvalue weighted by atomic mass is 16.5. The van der Waals surface area contributed by atoms with Gasteiger partial charge in [0.1, 0.15) is 0 Å². The number of carbonyl (C=O) groups is 1. The molecule has 12 atom stereocenters. The first-order valence-corrected chi connectivity index (χ1v) is 17.7. The molecule has 2 aromatic rings. The second kappa shape index (κ2) is 11.5. The molecule has 2 heterocycles. The molecule has 1 aromatic carbocycles. The molecule has 5 aliphatic rings.